The largest absolute Gasteiger partial charge is 0.371 e. The summed E-state index contributed by atoms with van der Waals surface area (Å²) < 4.78 is 1.10. The first-order valence-corrected chi connectivity index (χ1v) is 7.12. The van der Waals surface area contributed by atoms with E-state index < -0.39 is 0 Å². The SMILES string of the molecule is CN(c1ccc(Br)cc1CCl)C1CCCC1. The maximum absolute atomic E-state index is 6.01. The quantitative estimate of drug-likeness (QED) is 0.740. The summed E-state index contributed by atoms with van der Waals surface area (Å²) in [5.41, 5.74) is 2.50. The standard InChI is InChI=1S/C13H17BrClN/c1-16(12-4-2-3-5-12)13-7-6-11(14)8-10(13)9-15/h6-8,12H,2-5,9H2,1H3. The summed E-state index contributed by atoms with van der Waals surface area (Å²) in [6.45, 7) is 0. The molecule has 0 heterocycles. The molecule has 0 spiro atoms. The third-order valence-corrected chi connectivity index (χ3v) is 4.22. The molecule has 3 heteroatoms. The molecule has 1 aromatic carbocycles. The Labute approximate surface area is 111 Å². The molecule has 1 fully saturated rings. The van der Waals surface area contributed by atoms with Crippen LogP contribution >= 0.6 is 27.5 Å². The van der Waals surface area contributed by atoms with Gasteiger partial charge in [0.2, 0.25) is 0 Å². The number of hydrogen-bond donors (Lipinski definition) is 0. The van der Waals surface area contributed by atoms with Crippen molar-refractivity contribution in [1.29, 1.82) is 0 Å². The highest BCUT2D eigenvalue weighted by molar-refractivity contribution is 9.10. The number of alkyl halides is 1. The summed E-state index contributed by atoms with van der Waals surface area (Å²) in [4.78, 5) is 2.40. The van der Waals surface area contributed by atoms with Crippen LogP contribution in [-0.4, -0.2) is 13.1 Å². The van der Waals surface area contributed by atoms with Gasteiger partial charge in [0.05, 0.1) is 0 Å². The fourth-order valence-electron chi connectivity index (χ4n) is 2.49. The number of benzene rings is 1. The van der Waals surface area contributed by atoms with Crippen molar-refractivity contribution >= 4 is 33.2 Å². The van der Waals surface area contributed by atoms with Crippen molar-refractivity contribution in [2.45, 2.75) is 37.6 Å². The van der Waals surface area contributed by atoms with Gasteiger partial charge < -0.3 is 4.90 Å². The van der Waals surface area contributed by atoms with Gasteiger partial charge in [-0.25, -0.2) is 0 Å². The van der Waals surface area contributed by atoms with Crippen LogP contribution in [0.5, 0.6) is 0 Å². The Bertz CT molecular complexity index is 361. The third kappa shape index (κ3) is 2.54. The number of hydrogen-bond acceptors (Lipinski definition) is 1. The second-order valence-corrected chi connectivity index (χ2v) is 5.64. The summed E-state index contributed by atoms with van der Waals surface area (Å²) in [7, 11) is 2.19. The molecule has 0 radical (unpaired) electrons. The van der Waals surface area contributed by atoms with Crippen LogP contribution in [0.4, 0.5) is 5.69 Å². The Hall–Kier alpha value is -0.210. The van der Waals surface area contributed by atoms with Gasteiger partial charge in [-0.05, 0) is 36.6 Å². The lowest BCUT2D eigenvalue weighted by Crippen LogP contribution is -2.29. The van der Waals surface area contributed by atoms with Crippen molar-refractivity contribution in [3.8, 4) is 0 Å². The minimum absolute atomic E-state index is 0.575. The molecule has 1 aliphatic rings. The predicted octanol–water partition coefficient (Wildman–Crippen LogP) is 4.57. The molecule has 2 rings (SSSR count). The van der Waals surface area contributed by atoms with Crippen molar-refractivity contribution < 1.29 is 0 Å². The van der Waals surface area contributed by atoms with Crippen LogP contribution in [0.2, 0.25) is 0 Å². The van der Waals surface area contributed by atoms with Gasteiger partial charge in [0.1, 0.15) is 0 Å². The van der Waals surface area contributed by atoms with E-state index >= 15 is 0 Å². The van der Waals surface area contributed by atoms with Gasteiger partial charge in [0, 0.05) is 29.1 Å². The van der Waals surface area contributed by atoms with E-state index in [-0.39, 0.29) is 0 Å². The molecule has 0 aliphatic heterocycles. The van der Waals surface area contributed by atoms with Crippen molar-refractivity contribution in [3.63, 3.8) is 0 Å². The fourth-order valence-corrected chi connectivity index (χ4v) is 3.12. The van der Waals surface area contributed by atoms with E-state index in [1.807, 2.05) is 0 Å². The van der Waals surface area contributed by atoms with Crippen LogP contribution in [0, 0.1) is 0 Å². The number of anilines is 1. The molecule has 1 aromatic rings. The minimum atomic E-state index is 0.575. The highest BCUT2D eigenvalue weighted by Crippen LogP contribution is 2.31. The maximum atomic E-state index is 6.01. The second-order valence-electron chi connectivity index (χ2n) is 4.46. The normalized spacial score (nSPS) is 16.7. The minimum Gasteiger partial charge on any atom is -0.371 e. The summed E-state index contributed by atoms with van der Waals surface area (Å²) in [5.74, 6) is 0.575. The van der Waals surface area contributed by atoms with E-state index in [1.165, 1.54) is 36.9 Å². The highest BCUT2D eigenvalue weighted by atomic mass is 79.9. The number of nitrogens with zero attached hydrogens (tertiary/aromatic N) is 1. The van der Waals surface area contributed by atoms with E-state index in [2.05, 4.69) is 46.1 Å². The summed E-state index contributed by atoms with van der Waals surface area (Å²) >= 11 is 9.50. The Balaban J connectivity index is 2.24. The smallest absolute Gasteiger partial charge is 0.0494 e. The van der Waals surface area contributed by atoms with Crippen molar-refractivity contribution in [2.24, 2.45) is 0 Å². The van der Waals surface area contributed by atoms with E-state index in [0.717, 1.165) is 4.47 Å². The van der Waals surface area contributed by atoms with Gasteiger partial charge in [-0.2, -0.15) is 0 Å². The molecule has 0 unspecified atom stereocenters. The molecule has 0 atom stereocenters. The van der Waals surface area contributed by atoms with Crippen LogP contribution in [0.15, 0.2) is 22.7 Å². The van der Waals surface area contributed by atoms with E-state index in [1.54, 1.807) is 0 Å². The Morgan fingerprint density at radius 1 is 1.38 bits per heavy atom. The number of halogens is 2. The lowest BCUT2D eigenvalue weighted by Gasteiger charge is -2.28. The summed E-state index contributed by atoms with van der Waals surface area (Å²) in [6.07, 6.45) is 5.35. The van der Waals surface area contributed by atoms with Gasteiger partial charge in [-0.3, -0.25) is 0 Å². The van der Waals surface area contributed by atoms with Crippen LogP contribution < -0.4 is 4.90 Å². The molecule has 0 saturated heterocycles. The van der Waals surface area contributed by atoms with Gasteiger partial charge in [0.15, 0.2) is 0 Å². The molecule has 1 saturated carbocycles. The van der Waals surface area contributed by atoms with Gasteiger partial charge in [-0.1, -0.05) is 28.8 Å². The van der Waals surface area contributed by atoms with Crippen LogP contribution in [0.3, 0.4) is 0 Å². The lowest BCUT2D eigenvalue weighted by atomic mass is 10.1. The molecule has 1 nitrogen and oxygen atoms in total. The van der Waals surface area contributed by atoms with Gasteiger partial charge >= 0.3 is 0 Å². The van der Waals surface area contributed by atoms with Crippen LogP contribution in [-0.2, 0) is 5.88 Å². The van der Waals surface area contributed by atoms with E-state index in [4.69, 9.17) is 11.6 Å². The molecule has 0 amide bonds. The predicted molar refractivity (Wildman–Crippen MR) is 74.4 cm³/mol. The Kier molecular flexibility index (Phi) is 4.15. The van der Waals surface area contributed by atoms with Crippen molar-refractivity contribution in [1.82, 2.24) is 0 Å². The molecule has 1 aliphatic carbocycles. The van der Waals surface area contributed by atoms with Crippen LogP contribution in [0.25, 0.3) is 0 Å². The molecule has 0 bridgehead atoms. The molecular formula is C13H17BrClN. The zero-order valence-electron chi connectivity index (χ0n) is 9.55. The topological polar surface area (TPSA) is 3.24 Å². The Morgan fingerprint density at radius 3 is 2.69 bits per heavy atom. The molecule has 88 valence electrons. The lowest BCUT2D eigenvalue weighted by molar-refractivity contribution is 0.651. The Morgan fingerprint density at radius 2 is 2.06 bits per heavy atom. The van der Waals surface area contributed by atoms with Crippen LogP contribution in [0.1, 0.15) is 31.2 Å². The maximum Gasteiger partial charge on any atom is 0.0494 e. The molecule has 0 aromatic heterocycles. The number of rotatable bonds is 3. The first-order chi connectivity index (χ1) is 7.72. The molecule has 16 heavy (non-hydrogen) atoms. The summed E-state index contributed by atoms with van der Waals surface area (Å²) in [5, 5.41) is 0. The molecule has 0 N–H and O–H groups in total. The van der Waals surface area contributed by atoms with E-state index in [0.29, 0.717) is 11.9 Å². The second kappa shape index (κ2) is 5.42. The van der Waals surface area contributed by atoms with Crippen molar-refractivity contribution in [3.05, 3.63) is 28.2 Å². The zero-order chi connectivity index (χ0) is 11.5. The highest BCUT2D eigenvalue weighted by Gasteiger charge is 2.21. The zero-order valence-corrected chi connectivity index (χ0v) is 11.9. The first kappa shape index (κ1) is 12.3. The average molecular weight is 303 g/mol. The van der Waals surface area contributed by atoms with Gasteiger partial charge in [-0.15, -0.1) is 11.6 Å². The third-order valence-electron chi connectivity index (χ3n) is 3.44. The monoisotopic (exact) mass is 301 g/mol. The average Bonchev–Trinajstić information content (AvgIpc) is 2.81. The van der Waals surface area contributed by atoms with Gasteiger partial charge in [0.25, 0.3) is 0 Å². The van der Waals surface area contributed by atoms with E-state index in [9.17, 15) is 0 Å². The summed E-state index contributed by atoms with van der Waals surface area (Å²) in [6, 6.07) is 7.08. The molecular weight excluding hydrogens is 286 g/mol. The first-order valence-electron chi connectivity index (χ1n) is 5.79. The fraction of sp³-hybridized carbons (Fsp3) is 0.538. The van der Waals surface area contributed by atoms with Crippen molar-refractivity contribution in [2.75, 3.05) is 11.9 Å².